The van der Waals surface area contributed by atoms with Crippen molar-refractivity contribution in [3.63, 3.8) is 0 Å². The third-order valence-electron chi connectivity index (χ3n) is 2.01. The second-order valence-electron chi connectivity index (χ2n) is 3.09. The minimum Gasteiger partial charge on any atom is -0.464 e. The maximum Gasteiger partial charge on any atom is 0.342 e. The van der Waals surface area contributed by atoms with Crippen LogP contribution in [-0.4, -0.2) is 18.7 Å². The molecule has 2 atom stereocenters. The summed E-state index contributed by atoms with van der Waals surface area (Å²) in [5.74, 6) is -0.908. The van der Waals surface area contributed by atoms with Gasteiger partial charge in [-0.15, -0.1) is 0 Å². The molecule has 0 aromatic heterocycles. The van der Waals surface area contributed by atoms with Crippen LogP contribution in [0.4, 0.5) is 4.39 Å². The van der Waals surface area contributed by atoms with E-state index in [9.17, 15) is 9.18 Å². The van der Waals surface area contributed by atoms with E-state index in [-0.39, 0.29) is 6.61 Å². The lowest BCUT2D eigenvalue weighted by Gasteiger charge is -2.15. The predicted octanol–water partition coefficient (Wildman–Crippen LogP) is 1.59. The van der Waals surface area contributed by atoms with Gasteiger partial charge in [0, 0.05) is 0 Å². The first-order valence-electron chi connectivity index (χ1n) is 4.78. The standard InChI is InChI=1S/C11H14FNO2/c1-2-15-11(14)9(12)10(13)8-6-4-3-5-7-8/h3-7,9-10H,2,13H2,1H3/t9?,10-/m1/s1. The van der Waals surface area contributed by atoms with E-state index in [1.807, 2.05) is 0 Å². The van der Waals surface area contributed by atoms with Gasteiger partial charge in [0.05, 0.1) is 12.6 Å². The normalized spacial score (nSPS) is 14.3. The third kappa shape index (κ3) is 3.02. The van der Waals surface area contributed by atoms with Gasteiger partial charge in [0.1, 0.15) is 0 Å². The number of nitrogens with two attached hydrogens (primary N) is 1. The number of carbonyl (C=O) groups excluding carboxylic acids is 1. The van der Waals surface area contributed by atoms with Gasteiger partial charge in [0.2, 0.25) is 6.17 Å². The highest BCUT2D eigenvalue weighted by Gasteiger charge is 2.27. The highest BCUT2D eigenvalue weighted by molar-refractivity contribution is 5.75. The number of carbonyl (C=O) groups is 1. The maximum absolute atomic E-state index is 13.5. The van der Waals surface area contributed by atoms with Crippen molar-refractivity contribution in [1.29, 1.82) is 0 Å². The molecule has 1 rings (SSSR count). The molecule has 0 saturated heterocycles. The number of esters is 1. The number of rotatable bonds is 4. The monoisotopic (exact) mass is 211 g/mol. The topological polar surface area (TPSA) is 52.3 Å². The summed E-state index contributed by atoms with van der Waals surface area (Å²) in [7, 11) is 0. The molecule has 0 fully saturated rings. The van der Waals surface area contributed by atoms with Gasteiger partial charge in [-0.05, 0) is 12.5 Å². The number of alkyl halides is 1. The van der Waals surface area contributed by atoms with Gasteiger partial charge in [0.15, 0.2) is 0 Å². The van der Waals surface area contributed by atoms with Crippen molar-refractivity contribution in [3.05, 3.63) is 35.9 Å². The second-order valence-corrected chi connectivity index (χ2v) is 3.09. The van der Waals surface area contributed by atoms with Gasteiger partial charge in [0.25, 0.3) is 0 Å². The summed E-state index contributed by atoms with van der Waals surface area (Å²) < 4.78 is 18.0. The zero-order valence-corrected chi connectivity index (χ0v) is 8.52. The largest absolute Gasteiger partial charge is 0.464 e. The Morgan fingerprint density at radius 2 is 2.07 bits per heavy atom. The highest BCUT2D eigenvalue weighted by Crippen LogP contribution is 2.17. The van der Waals surface area contributed by atoms with Crippen molar-refractivity contribution in [3.8, 4) is 0 Å². The van der Waals surface area contributed by atoms with Gasteiger partial charge in [-0.3, -0.25) is 0 Å². The molecule has 0 saturated carbocycles. The zero-order valence-electron chi connectivity index (χ0n) is 8.52. The Balaban J connectivity index is 2.68. The molecule has 0 bridgehead atoms. The summed E-state index contributed by atoms with van der Waals surface area (Å²) >= 11 is 0. The molecule has 0 radical (unpaired) electrons. The number of halogens is 1. The lowest BCUT2D eigenvalue weighted by Crippen LogP contribution is -2.31. The molecule has 82 valence electrons. The summed E-state index contributed by atoms with van der Waals surface area (Å²) in [6.45, 7) is 1.78. The van der Waals surface area contributed by atoms with Crippen molar-refractivity contribution in [2.24, 2.45) is 5.73 Å². The fraction of sp³-hybridized carbons (Fsp3) is 0.364. The quantitative estimate of drug-likeness (QED) is 0.769. The Hall–Kier alpha value is -1.42. The minimum absolute atomic E-state index is 0.154. The molecular weight excluding hydrogens is 197 g/mol. The van der Waals surface area contributed by atoms with Gasteiger partial charge in [-0.25, -0.2) is 9.18 Å². The average Bonchev–Trinajstić information content (AvgIpc) is 2.28. The summed E-state index contributed by atoms with van der Waals surface area (Å²) in [5.41, 5.74) is 6.18. The first-order chi connectivity index (χ1) is 7.16. The van der Waals surface area contributed by atoms with Crippen LogP contribution in [0.5, 0.6) is 0 Å². The van der Waals surface area contributed by atoms with Crippen molar-refractivity contribution in [2.75, 3.05) is 6.61 Å². The Labute approximate surface area is 88.0 Å². The summed E-state index contributed by atoms with van der Waals surface area (Å²) in [6.07, 6.45) is -1.81. The molecule has 0 aliphatic heterocycles. The molecule has 15 heavy (non-hydrogen) atoms. The van der Waals surface area contributed by atoms with Crippen LogP contribution in [0.1, 0.15) is 18.5 Å². The van der Waals surface area contributed by atoms with E-state index in [4.69, 9.17) is 5.73 Å². The fourth-order valence-corrected chi connectivity index (χ4v) is 1.21. The van der Waals surface area contributed by atoms with Crippen LogP contribution in [0.2, 0.25) is 0 Å². The molecule has 3 nitrogen and oxygen atoms in total. The lowest BCUT2D eigenvalue weighted by molar-refractivity contribution is -0.149. The highest BCUT2D eigenvalue weighted by atomic mass is 19.1. The minimum atomic E-state index is -1.81. The third-order valence-corrected chi connectivity index (χ3v) is 2.01. The Bertz CT molecular complexity index is 316. The molecule has 0 amide bonds. The molecule has 0 aliphatic rings. The van der Waals surface area contributed by atoms with Crippen LogP contribution in [0.3, 0.4) is 0 Å². The van der Waals surface area contributed by atoms with Crippen LogP contribution in [0, 0.1) is 0 Å². The van der Waals surface area contributed by atoms with Crippen LogP contribution in [0.25, 0.3) is 0 Å². The molecule has 1 unspecified atom stereocenters. The Kier molecular flexibility index (Phi) is 4.24. The van der Waals surface area contributed by atoms with Gasteiger partial charge in [-0.2, -0.15) is 0 Å². The first kappa shape index (κ1) is 11.7. The summed E-state index contributed by atoms with van der Waals surface area (Å²) in [6, 6.07) is 7.67. The van der Waals surface area contributed by atoms with Crippen molar-refractivity contribution < 1.29 is 13.9 Å². The number of benzene rings is 1. The van der Waals surface area contributed by atoms with Crippen LogP contribution in [-0.2, 0) is 9.53 Å². The number of ether oxygens (including phenoxy) is 1. The molecule has 0 heterocycles. The SMILES string of the molecule is CCOC(=O)C(F)[C@H](N)c1ccccc1. The van der Waals surface area contributed by atoms with E-state index >= 15 is 0 Å². The van der Waals surface area contributed by atoms with E-state index < -0.39 is 18.2 Å². The van der Waals surface area contributed by atoms with E-state index in [1.165, 1.54) is 0 Å². The predicted molar refractivity (Wildman–Crippen MR) is 54.9 cm³/mol. The van der Waals surface area contributed by atoms with E-state index in [1.54, 1.807) is 37.3 Å². The van der Waals surface area contributed by atoms with Gasteiger partial charge < -0.3 is 10.5 Å². The van der Waals surface area contributed by atoms with Crippen LogP contribution in [0.15, 0.2) is 30.3 Å². The molecule has 0 spiro atoms. The molecule has 2 N–H and O–H groups in total. The number of hydrogen-bond acceptors (Lipinski definition) is 3. The average molecular weight is 211 g/mol. The zero-order chi connectivity index (χ0) is 11.3. The smallest absolute Gasteiger partial charge is 0.342 e. The van der Waals surface area contributed by atoms with Crippen molar-refractivity contribution >= 4 is 5.97 Å². The van der Waals surface area contributed by atoms with Gasteiger partial charge in [-0.1, -0.05) is 30.3 Å². The Morgan fingerprint density at radius 1 is 1.47 bits per heavy atom. The molecule has 1 aromatic rings. The van der Waals surface area contributed by atoms with Crippen LogP contribution < -0.4 is 5.73 Å². The molecule has 4 heteroatoms. The van der Waals surface area contributed by atoms with E-state index in [2.05, 4.69) is 4.74 Å². The fourth-order valence-electron chi connectivity index (χ4n) is 1.21. The summed E-state index contributed by atoms with van der Waals surface area (Å²) in [5, 5.41) is 0. The van der Waals surface area contributed by atoms with Gasteiger partial charge >= 0.3 is 5.97 Å². The number of hydrogen-bond donors (Lipinski definition) is 1. The lowest BCUT2D eigenvalue weighted by atomic mass is 10.0. The first-order valence-corrected chi connectivity index (χ1v) is 4.78. The molecule has 1 aromatic carbocycles. The van der Waals surface area contributed by atoms with Crippen LogP contribution >= 0.6 is 0 Å². The summed E-state index contributed by atoms with van der Waals surface area (Å²) in [4.78, 5) is 11.1. The second kappa shape index (κ2) is 5.46. The molecular formula is C11H14FNO2. The van der Waals surface area contributed by atoms with Crippen molar-refractivity contribution in [2.45, 2.75) is 19.1 Å². The van der Waals surface area contributed by atoms with E-state index in [0.717, 1.165) is 0 Å². The van der Waals surface area contributed by atoms with E-state index in [0.29, 0.717) is 5.56 Å². The van der Waals surface area contributed by atoms with Crippen molar-refractivity contribution in [1.82, 2.24) is 0 Å². The Morgan fingerprint density at radius 3 is 2.60 bits per heavy atom. The molecule has 0 aliphatic carbocycles. The maximum atomic E-state index is 13.5.